The molecule has 5 nitrogen and oxygen atoms in total. The number of aromatic nitrogens is 4. The van der Waals surface area contributed by atoms with E-state index in [1.54, 1.807) is 6.33 Å². The largest absolute Gasteiger partial charge is 0.330 e. The van der Waals surface area contributed by atoms with E-state index in [2.05, 4.69) is 19.5 Å². The fraction of sp³-hybridized carbons (Fsp3) is 0.462. The molecule has 2 aromatic heterocycles. The molecule has 0 saturated carbocycles. The minimum absolute atomic E-state index is 0.601. The van der Waals surface area contributed by atoms with Crippen molar-refractivity contribution < 1.29 is 0 Å². The predicted octanol–water partition coefficient (Wildman–Crippen LogP) is 1.04. The summed E-state index contributed by atoms with van der Waals surface area (Å²) in [4.78, 5) is 13.2. The van der Waals surface area contributed by atoms with E-state index in [0.717, 1.165) is 30.9 Å². The zero-order valence-corrected chi connectivity index (χ0v) is 10.3. The van der Waals surface area contributed by atoms with Crippen LogP contribution in [0, 0.1) is 0 Å². The van der Waals surface area contributed by atoms with E-state index in [-0.39, 0.29) is 0 Å². The van der Waals surface area contributed by atoms with Gasteiger partial charge in [0.25, 0.3) is 0 Å². The molecule has 2 N–H and O–H groups in total. The van der Waals surface area contributed by atoms with Crippen molar-refractivity contribution in [3.63, 3.8) is 0 Å². The van der Waals surface area contributed by atoms with Crippen LogP contribution in [0.4, 0.5) is 0 Å². The Morgan fingerprint density at radius 2 is 2.06 bits per heavy atom. The highest BCUT2D eigenvalue weighted by Gasteiger charge is 2.17. The highest BCUT2D eigenvalue weighted by atomic mass is 15.1. The van der Waals surface area contributed by atoms with Gasteiger partial charge < -0.3 is 5.73 Å². The minimum atomic E-state index is 0.601. The lowest BCUT2D eigenvalue weighted by Gasteiger charge is -2.18. The number of nitrogens with zero attached hydrogens (tertiary/aromatic N) is 4. The van der Waals surface area contributed by atoms with Crippen molar-refractivity contribution in [3.8, 4) is 5.82 Å². The molecule has 0 atom stereocenters. The van der Waals surface area contributed by atoms with E-state index in [1.807, 2.05) is 12.4 Å². The summed E-state index contributed by atoms with van der Waals surface area (Å²) in [6.07, 6.45) is 10.8. The Morgan fingerprint density at radius 1 is 1.17 bits per heavy atom. The number of aryl methyl sites for hydroxylation is 1. The molecule has 0 spiro atoms. The van der Waals surface area contributed by atoms with Gasteiger partial charge in [0.05, 0.1) is 0 Å². The summed E-state index contributed by atoms with van der Waals surface area (Å²) in [6, 6.07) is 0. The SMILES string of the molecule is NCCc1nccn1-c1ncnc2c1CCCC2. The van der Waals surface area contributed by atoms with E-state index in [9.17, 15) is 0 Å². The summed E-state index contributed by atoms with van der Waals surface area (Å²) >= 11 is 0. The number of hydrogen-bond donors (Lipinski definition) is 1. The van der Waals surface area contributed by atoms with Gasteiger partial charge in [-0.15, -0.1) is 0 Å². The van der Waals surface area contributed by atoms with E-state index >= 15 is 0 Å². The third-order valence-electron chi connectivity index (χ3n) is 3.42. The van der Waals surface area contributed by atoms with Gasteiger partial charge in [0.2, 0.25) is 0 Å². The molecular formula is C13H17N5. The highest BCUT2D eigenvalue weighted by molar-refractivity contribution is 5.39. The molecule has 0 aromatic carbocycles. The fourth-order valence-electron chi connectivity index (χ4n) is 2.55. The molecule has 0 bridgehead atoms. The first-order valence-electron chi connectivity index (χ1n) is 6.45. The maximum atomic E-state index is 5.62. The molecule has 2 aromatic rings. The molecule has 1 aliphatic carbocycles. The normalized spacial score (nSPS) is 14.5. The van der Waals surface area contributed by atoms with E-state index in [0.29, 0.717) is 6.54 Å². The molecule has 3 rings (SSSR count). The predicted molar refractivity (Wildman–Crippen MR) is 68.6 cm³/mol. The summed E-state index contributed by atoms with van der Waals surface area (Å²) in [5.41, 5.74) is 8.09. The number of hydrogen-bond acceptors (Lipinski definition) is 4. The van der Waals surface area contributed by atoms with Gasteiger partial charge in [-0.2, -0.15) is 0 Å². The first-order valence-corrected chi connectivity index (χ1v) is 6.45. The Balaban J connectivity index is 2.08. The van der Waals surface area contributed by atoms with Crippen molar-refractivity contribution in [2.75, 3.05) is 6.54 Å². The van der Waals surface area contributed by atoms with Crippen LogP contribution in [-0.4, -0.2) is 26.1 Å². The summed E-state index contributed by atoms with van der Waals surface area (Å²) in [7, 11) is 0. The fourth-order valence-corrected chi connectivity index (χ4v) is 2.55. The third-order valence-corrected chi connectivity index (χ3v) is 3.42. The van der Waals surface area contributed by atoms with Crippen molar-refractivity contribution in [2.45, 2.75) is 32.1 Å². The molecule has 0 saturated heterocycles. The lowest BCUT2D eigenvalue weighted by atomic mass is 9.96. The maximum absolute atomic E-state index is 5.62. The van der Waals surface area contributed by atoms with E-state index < -0.39 is 0 Å². The summed E-state index contributed by atoms with van der Waals surface area (Å²) in [5, 5.41) is 0. The van der Waals surface area contributed by atoms with Crippen molar-refractivity contribution in [1.82, 2.24) is 19.5 Å². The monoisotopic (exact) mass is 243 g/mol. The Hall–Kier alpha value is -1.75. The molecule has 0 amide bonds. The second-order valence-corrected chi connectivity index (χ2v) is 4.58. The molecule has 2 heterocycles. The van der Waals surface area contributed by atoms with Gasteiger partial charge in [0.15, 0.2) is 0 Å². The molecule has 5 heteroatoms. The highest BCUT2D eigenvalue weighted by Crippen LogP contribution is 2.24. The molecule has 0 aliphatic heterocycles. The second-order valence-electron chi connectivity index (χ2n) is 4.58. The van der Waals surface area contributed by atoms with Crippen LogP contribution in [0.1, 0.15) is 29.9 Å². The topological polar surface area (TPSA) is 69.6 Å². The van der Waals surface area contributed by atoms with Gasteiger partial charge in [0, 0.05) is 30.1 Å². The van der Waals surface area contributed by atoms with Gasteiger partial charge in [-0.1, -0.05) is 0 Å². The smallest absolute Gasteiger partial charge is 0.144 e. The first-order chi connectivity index (χ1) is 8.90. The van der Waals surface area contributed by atoms with Gasteiger partial charge in [-0.25, -0.2) is 15.0 Å². The minimum Gasteiger partial charge on any atom is -0.330 e. The van der Waals surface area contributed by atoms with E-state index in [4.69, 9.17) is 5.73 Å². The van der Waals surface area contributed by atoms with Crippen LogP contribution >= 0.6 is 0 Å². The van der Waals surface area contributed by atoms with Gasteiger partial charge in [-0.3, -0.25) is 4.57 Å². The number of rotatable bonds is 3. The average Bonchev–Trinajstić information content (AvgIpc) is 2.87. The zero-order chi connectivity index (χ0) is 12.4. The molecule has 94 valence electrons. The van der Waals surface area contributed by atoms with Gasteiger partial charge in [0.1, 0.15) is 18.0 Å². The third kappa shape index (κ3) is 1.90. The quantitative estimate of drug-likeness (QED) is 0.874. The van der Waals surface area contributed by atoms with Crippen LogP contribution in [0.2, 0.25) is 0 Å². The Bertz CT molecular complexity index is 546. The van der Waals surface area contributed by atoms with Crippen LogP contribution in [-0.2, 0) is 19.3 Å². The molecule has 0 fully saturated rings. The standard InChI is InChI=1S/C13H17N5/c14-6-5-12-15-7-8-18(12)13-10-3-1-2-4-11(10)16-9-17-13/h7-9H,1-6,14H2. The molecule has 0 unspecified atom stereocenters. The summed E-state index contributed by atoms with van der Waals surface area (Å²) < 4.78 is 2.05. The Morgan fingerprint density at radius 3 is 2.94 bits per heavy atom. The van der Waals surface area contributed by atoms with Crippen LogP contribution in [0.5, 0.6) is 0 Å². The summed E-state index contributed by atoms with van der Waals surface area (Å²) in [5.74, 6) is 1.96. The summed E-state index contributed by atoms with van der Waals surface area (Å²) in [6.45, 7) is 0.601. The zero-order valence-electron chi connectivity index (χ0n) is 10.3. The molecular weight excluding hydrogens is 226 g/mol. The first kappa shape index (κ1) is 11.3. The second kappa shape index (κ2) is 4.86. The van der Waals surface area contributed by atoms with Crippen LogP contribution in [0.15, 0.2) is 18.7 Å². The average molecular weight is 243 g/mol. The van der Waals surface area contributed by atoms with Crippen molar-refractivity contribution >= 4 is 0 Å². The van der Waals surface area contributed by atoms with Gasteiger partial charge in [-0.05, 0) is 32.2 Å². The molecule has 0 radical (unpaired) electrons. The molecule has 1 aliphatic rings. The van der Waals surface area contributed by atoms with Crippen LogP contribution < -0.4 is 5.73 Å². The number of nitrogens with two attached hydrogens (primary N) is 1. The Kier molecular flexibility index (Phi) is 3.06. The maximum Gasteiger partial charge on any atom is 0.144 e. The number of fused-ring (bicyclic) bond motifs is 1. The van der Waals surface area contributed by atoms with E-state index in [1.165, 1.54) is 24.1 Å². The van der Waals surface area contributed by atoms with Crippen molar-refractivity contribution in [1.29, 1.82) is 0 Å². The lowest BCUT2D eigenvalue weighted by Crippen LogP contribution is -2.15. The lowest BCUT2D eigenvalue weighted by molar-refractivity contribution is 0.652. The van der Waals surface area contributed by atoms with Crippen LogP contribution in [0.25, 0.3) is 5.82 Å². The van der Waals surface area contributed by atoms with Crippen molar-refractivity contribution in [2.24, 2.45) is 5.73 Å². The van der Waals surface area contributed by atoms with Crippen molar-refractivity contribution in [3.05, 3.63) is 35.8 Å². The Labute approximate surface area is 106 Å². The number of imidazole rings is 1. The van der Waals surface area contributed by atoms with Gasteiger partial charge >= 0.3 is 0 Å². The van der Waals surface area contributed by atoms with Crippen LogP contribution in [0.3, 0.4) is 0 Å². The molecule has 18 heavy (non-hydrogen) atoms.